The molecule has 2 heterocycles. The van der Waals surface area contributed by atoms with Crippen molar-refractivity contribution >= 4 is 31.4 Å². The summed E-state index contributed by atoms with van der Waals surface area (Å²) in [6.45, 7) is 13.3. The van der Waals surface area contributed by atoms with Crippen LogP contribution >= 0.6 is 11.6 Å². The Kier molecular flexibility index (Phi) is 7.05. The second-order valence-electron chi connectivity index (χ2n) is 9.82. The van der Waals surface area contributed by atoms with Gasteiger partial charge in [0.25, 0.3) is 0 Å². The van der Waals surface area contributed by atoms with Crippen molar-refractivity contribution in [3.05, 3.63) is 58.3 Å². The van der Waals surface area contributed by atoms with Crippen molar-refractivity contribution in [3.8, 4) is 11.6 Å². The zero-order valence-corrected chi connectivity index (χ0v) is 21.8. The number of carbonyl (C=O) groups excluding carboxylic acids is 1. The highest BCUT2D eigenvalue weighted by atomic mass is 35.5. The summed E-state index contributed by atoms with van der Waals surface area (Å²) in [5.74, 6) is 1.36. The minimum atomic E-state index is -1.95. The Bertz CT molecular complexity index is 1040. The number of nitrogens with one attached hydrogen (secondary N) is 1. The van der Waals surface area contributed by atoms with Gasteiger partial charge < -0.3 is 14.5 Å². The number of aryl methyl sites for hydroxylation is 1. The predicted octanol–water partition coefficient (Wildman–Crippen LogP) is 6.15. The standard InChI is InChI=1S/C25H33ClN2O3Si/c1-16-14-17(8-12-22(16)31-32(6,7)25(2,3)4)19(15-18-9-13-23(29)27-18)21-11-10-20(26)24(28-21)30-5/h8,10-12,14-15,18H,9,13H2,1-7H3,(H,27,29)/t18-/m1/s1. The molecule has 0 unspecified atom stereocenters. The number of rotatable bonds is 6. The lowest BCUT2D eigenvalue weighted by Gasteiger charge is -2.37. The van der Waals surface area contributed by atoms with E-state index in [1.54, 1.807) is 13.2 Å². The van der Waals surface area contributed by atoms with E-state index in [1.807, 2.05) is 12.1 Å². The van der Waals surface area contributed by atoms with Gasteiger partial charge in [0.05, 0.1) is 12.8 Å². The maximum absolute atomic E-state index is 11.8. The first-order valence-corrected chi connectivity index (χ1v) is 14.2. The van der Waals surface area contributed by atoms with Crippen molar-refractivity contribution < 1.29 is 14.0 Å². The molecular weight excluding hydrogens is 440 g/mol. The van der Waals surface area contributed by atoms with Crippen LogP contribution in [0.15, 0.2) is 36.4 Å². The highest BCUT2D eigenvalue weighted by Crippen LogP contribution is 2.39. The molecule has 0 spiro atoms. The number of methoxy groups -OCH3 is 1. The number of carbonyl (C=O) groups is 1. The normalized spacial score (nSPS) is 17.3. The summed E-state index contributed by atoms with van der Waals surface area (Å²) < 4.78 is 11.9. The number of pyridine rings is 1. The number of ether oxygens (including phenoxy) is 1. The lowest BCUT2D eigenvalue weighted by atomic mass is 9.97. The van der Waals surface area contributed by atoms with Crippen LogP contribution in [0, 0.1) is 6.92 Å². The molecule has 0 saturated carbocycles. The quantitative estimate of drug-likeness (QED) is 0.512. The summed E-state index contributed by atoms with van der Waals surface area (Å²) in [4.78, 5) is 16.4. The van der Waals surface area contributed by atoms with Gasteiger partial charge in [-0.25, -0.2) is 4.98 Å². The third kappa shape index (κ3) is 5.35. The fourth-order valence-corrected chi connectivity index (χ4v) is 4.64. The molecule has 5 nitrogen and oxygen atoms in total. The summed E-state index contributed by atoms with van der Waals surface area (Å²) in [5.41, 5.74) is 3.73. The lowest BCUT2D eigenvalue weighted by Crippen LogP contribution is -2.44. The number of benzene rings is 1. The van der Waals surface area contributed by atoms with Gasteiger partial charge in [0, 0.05) is 18.0 Å². The van der Waals surface area contributed by atoms with Crippen LogP contribution in [0.3, 0.4) is 0 Å². The van der Waals surface area contributed by atoms with Crippen LogP contribution in [0.2, 0.25) is 23.2 Å². The van der Waals surface area contributed by atoms with E-state index in [-0.39, 0.29) is 17.0 Å². The van der Waals surface area contributed by atoms with Gasteiger partial charge in [0.15, 0.2) is 0 Å². The molecule has 1 amide bonds. The highest BCUT2D eigenvalue weighted by Gasteiger charge is 2.39. The minimum absolute atomic E-state index is 0.0376. The number of hydrogen-bond donors (Lipinski definition) is 1. The Labute approximate surface area is 197 Å². The Morgan fingerprint density at radius 1 is 1.25 bits per heavy atom. The zero-order valence-electron chi connectivity index (χ0n) is 20.0. The van der Waals surface area contributed by atoms with Gasteiger partial charge >= 0.3 is 0 Å². The number of nitrogens with zero attached hydrogens (tertiary/aromatic N) is 1. The molecule has 7 heteroatoms. The molecule has 0 radical (unpaired) electrons. The van der Waals surface area contributed by atoms with E-state index in [4.69, 9.17) is 20.8 Å². The van der Waals surface area contributed by atoms with E-state index in [0.29, 0.717) is 17.3 Å². The van der Waals surface area contributed by atoms with Crippen molar-refractivity contribution in [1.29, 1.82) is 0 Å². The minimum Gasteiger partial charge on any atom is -0.543 e. The van der Waals surface area contributed by atoms with E-state index in [9.17, 15) is 4.79 Å². The maximum atomic E-state index is 11.8. The molecule has 0 bridgehead atoms. The first-order valence-electron chi connectivity index (χ1n) is 10.9. The summed E-state index contributed by atoms with van der Waals surface area (Å²) in [5, 5.41) is 3.59. The molecular formula is C25H33ClN2O3Si. The van der Waals surface area contributed by atoms with Crippen molar-refractivity contribution in [2.24, 2.45) is 0 Å². The summed E-state index contributed by atoms with van der Waals surface area (Å²) in [6, 6.07) is 9.84. The number of hydrogen-bond acceptors (Lipinski definition) is 4. The average Bonchev–Trinajstić information content (AvgIpc) is 3.12. The Hall–Kier alpha value is -2.31. The van der Waals surface area contributed by atoms with Crippen molar-refractivity contribution in [2.45, 2.75) is 64.7 Å². The number of aromatic nitrogens is 1. The van der Waals surface area contributed by atoms with E-state index in [0.717, 1.165) is 34.6 Å². The van der Waals surface area contributed by atoms with Crippen LogP contribution in [0.5, 0.6) is 11.6 Å². The highest BCUT2D eigenvalue weighted by molar-refractivity contribution is 6.74. The molecule has 32 heavy (non-hydrogen) atoms. The molecule has 1 saturated heterocycles. The largest absolute Gasteiger partial charge is 0.543 e. The van der Waals surface area contributed by atoms with Crippen LogP contribution in [0.4, 0.5) is 0 Å². The van der Waals surface area contributed by atoms with Crippen molar-refractivity contribution in [3.63, 3.8) is 0 Å². The van der Waals surface area contributed by atoms with Crippen LogP contribution < -0.4 is 14.5 Å². The number of halogens is 1. The van der Waals surface area contributed by atoms with Gasteiger partial charge in [-0.2, -0.15) is 0 Å². The van der Waals surface area contributed by atoms with Gasteiger partial charge in [-0.3, -0.25) is 4.79 Å². The maximum Gasteiger partial charge on any atom is 0.250 e. The SMILES string of the molecule is COc1nc(C(=C[C@H]2CCC(=O)N2)c2ccc(O[Si](C)(C)C(C)(C)C)c(C)c2)ccc1Cl. The molecule has 1 aromatic heterocycles. The first kappa shape index (κ1) is 24.3. The zero-order chi connectivity index (χ0) is 23.7. The second-order valence-corrected chi connectivity index (χ2v) is 15.0. The van der Waals surface area contributed by atoms with E-state index in [1.165, 1.54) is 0 Å². The van der Waals surface area contributed by atoms with Gasteiger partial charge in [-0.05, 0) is 66.9 Å². The Morgan fingerprint density at radius 3 is 2.53 bits per heavy atom. The molecule has 2 aromatic rings. The van der Waals surface area contributed by atoms with Gasteiger partial charge in [0.2, 0.25) is 20.1 Å². The summed E-state index contributed by atoms with van der Waals surface area (Å²) in [6.07, 6.45) is 3.37. The predicted molar refractivity (Wildman–Crippen MR) is 133 cm³/mol. The molecule has 1 N–H and O–H groups in total. The second kappa shape index (κ2) is 9.28. The smallest absolute Gasteiger partial charge is 0.250 e. The Balaban J connectivity index is 2.03. The summed E-state index contributed by atoms with van der Waals surface area (Å²) in [7, 11) is -0.396. The fraction of sp³-hybridized carbons (Fsp3) is 0.440. The van der Waals surface area contributed by atoms with Crippen molar-refractivity contribution in [2.75, 3.05) is 7.11 Å². The first-order chi connectivity index (χ1) is 14.9. The number of amides is 1. The van der Waals surface area contributed by atoms with Gasteiger partial charge in [-0.15, -0.1) is 0 Å². The van der Waals surface area contributed by atoms with Crippen LogP contribution in [-0.2, 0) is 4.79 Å². The van der Waals surface area contributed by atoms with E-state index < -0.39 is 8.32 Å². The molecule has 1 fully saturated rings. The average molecular weight is 473 g/mol. The molecule has 1 aliphatic heterocycles. The van der Waals surface area contributed by atoms with Gasteiger partial charge in [0.1, 0.15) is 10.8 Å². The lowest BCUT2D eigenvalue weighted by molar-refractivity contribution is -0.119. The van der Waals surface area contributed by atoms with E-state index in [2.05, 4.69) is 69.3 Å². The monoisotopic (exact) mass is 472 g/mol. The van der Waals surface area contributed by atoms with Crippen LogP contribution in [0.25, 0.3) is 5.57 Å². The van der Waals surface area contributed by atoms with Crippen LogP contribution in [0.1, 0.15) is 50.4 Å². The Morgan fingerprint density at radius 2 is 1.97 bits per heavy atom. The molecule has 3 rings (SSSR count). The molecule has 172 valence electrons. The van der Waals surface area contributed by atoms with E-state index >= 15 is 0 Å². The van der Waals surface area contributed by atoms with Crippen molar-refractivity contribution in [1.82, 2.24) is 10.3 Å². The summed E-state index contributed by atoms with van der Waals surface area (Å²) >= 11 is 6.20. The van der Waals surface area contributed by atoms with Gasteiger partial charge in [-0.1, -0.05) is 44.5 Å². The molecule has 1 atom stereocenters. The fourth-order valence-electron chi connectivity index (χ4n) is 3.37. The third-order valence-corrected chi connectivity index (χ3v) is 11.0. The third-order valence-electron chi connectivity index (χ3n) is 6.34. The topological polar surface area (TPSA) is 60.5 Å². The molecule has 1 aliphatic rings. The van der Waals surface area contributed by atoms with Crippen LogP contribution in [-0.4, -0.2) is 32.4 Å². The molecule has 0 aliphatic carbocycles. The molecule has 1 aromatic carbocycles.